The van der Waals surface area contributed by atoms with E-state index >= 15 is 0 Å². The van der Waals surface area contributed by atoms with Crippen LogP contribution in [0.15, 0.2) is 52.0 Å². The van der Waals surface area contributed by atoms with Gasteiger partial charge in [-0.3, -0.25) is 9.48 Å². The number of nitroso groups, excluding NO2 is 1. The van der Waals surface area contributed by atoms with Gasteiger partial charge >= 0.3 is 0 Å². The molecular formula is C23H28FN5O3. The van der Waals surface area contributed by atoms with Crippen LogP contribution in [-0.4, -0.2) is 39.5 Å². The van der Waals surface area contributed by atoms with Gasteiger partial charge in [-0.25, -0.2) is 4.39 Å². The lowest BCUT2D eigenvalue weighted by Gasteiger charge is -2.26. The van der Waals surface area contributed by atoms with Gasteiger partial charge in [-0.1, -0.05) is 30.8 Å². The first-order valence-corrected chi connectivity index (χ1v) is 10.6. The van der Waals surface area contributed by atoms with Crippen molar-refractivity contribution >= 4 is 11.5 Å². The lowest BCUT2D eigenvalue weighted by molar-refractivity contribution is -0.135. The summed E-state index contributed by atoms with van der Waals surface area (Å²) >= 11 is 0. The normalized spacial score (nSPS) is 16.6. The van der Waals surface area contributed by atoms with Crippen molar-refractivity contribution in [3.05, 3.63) is 69.9 Å². The smallest absolute Gasteiger partial charge is 0.226 e. The Morgan fingerprint density at radius 3 is 2.88 bits per heavy atom. The van der Waals surface area contributed by atoms with Crippen LogP contribution in [0.5, 0.6) is 0 Å². The summed E-state index contributed by atoms with van der Waals surface area (Å²) in [5, 5.41) is 11.3. The van der Waals surface area contributed by atoms with E-state index in [0.29, 0.717) is 54.8 Å². The molecule has 0 aromatic carbocycles. The summed E-state index contributed by atoms with van der Waals surface area (Å²) in [5.41, 5.74) is 4.43. The third-order valence-electron chi connectivity index (χ3n) is 5.87. The van der Waals surface area contributed by atoms with Crippen molar-refractivity contribution in [1.82, 2.24) is 19.8 Å². The van der Waals surface area contributed by atoms with E-state index in [0.717, 1.165) is 11.3 Å². The molecule has 3 rings (SSSR count). The average Bonchev–Trinajstić information content (AvgIpc) is 3.43. The van der Waals surface area contributed by atoms with Crippen LogP contribution in [0.4, 0.5) is 4.39 Å². The molecule has 0 aliphatic heterocycles. The highest BCUT2D eigenvalue weighted by Crippen LogP contribution is 2.32. The molecule has 0 saturated carbocycles. The van der Waals surface area contributed by atoms with Gasteiger partial charge in [-0.15, -0.1) is 4.91 Å². The quantitative estimate of drug-likeness (QED) is 0.431. The molecule has 170 valence electrons. The van der Waals surface area contributed by atoms with Crippen molar-refractivity contribution in [2.75, 3.05) is 13.7 Å². The maximum Gasteiger partial charge on any atom is 0.226 e. The van der Waals surface area contributed by atoms with Gasteiger partial charge in [0.05, 0.1) is 12.2 Å². The zero-order valence-electron chi connectivity index (χ0n) is 18.7. The number of amides is 1. The largest absolute Gasteiger partial charge is 0.364 e. The molecule has 8 nitrogen and oxygen atoms in total. The maximum absolute atomic E-state index is 13.9. The number of alkyl halides is 1. The molecule has 9 heteroatoms. The van der Waals surface area contributed by atoms with Gasteiger partial charge < -0.3 is 9.42 Å². The van der Waals surface area contributed by atoms with Crippen molar-refractivity contribution in [1.29, 1.82) is 0 Å². The molecule has 0 N–H and O–H groups in total. The minimum atomic E-state index is -0.694. The predicted octanol–water partition coefficient (Wildman–Crippen LogP) is 4.14. The van der Waals surface area contributed by atoms with Crippen LogP contribution in [-0.2, 0) is 31.2 Å². The summed E-state index contributed by atoms with van der Waals surface area (Å²) in [5.74, 6) is -0.132. The minimum Gasteiger partial charge on any atom is -0.364 e. The molecule has 2 aromatic rings. The van der Waals surface area contributed by atoms with Crippen LogP contribution >= 0.6 is 0 Å². The summed E-state index contributed by atoms with van der Waals surface area (Å²) in [7, 11) is 3.57. The van der Waals surface area contributed by atoms with Gasteiger partial charge in [0.2, 0.25) is 5.91 Å². The second-order valence-electron chi connectivity index (χ2n) is 7.93. The number of aryl methyl sites for hydroxylation is 1. The van der Waals surface area contributed by atoms with E-state index in [2.05, 4.69) is 22.0 Å². The number of hydrogen-bond acceptors (Lipinski definition) is 6. The standard InChI is InChI=1S/C23H28FN5O3/c1-5-16(15(2)26-31)6-7-18(13-24)22-20-9-8-17(12-21(20)29(4)25-22)23(30)28(3)14-19-10-11-32-27-19/h6-7,10-11,17H,2,5,8-9,12-14H2,1,3-4H3/b16-6+,18-7+. The lowest BCUT2D eigenvalue weighted by Crippen LogP contribution is -2.35. The van der Waals surface area contributed by atoms with E-state index in [1.807, 2.05) is 14.0 Å². The Kier molecular flexibility index (Phi) is 7.50. The number of carbonyl (C=O) groups is 1. The molecule has 32 heavy (non-hydrogen) atoms. The van der Waals surface area contributed by atoms with E-state index in [1.165, 1.54) is 6.26 Å². The number of halogens is 1. The molecule has 1 unspecified atom stereocenters. The van der Waals surface area contributed by atoms with E-state index in [4.69, 9.17) is 4.52 Å². The first-order valence-electron chi connectivity index (χ1n) is 10.6. The number of fused-ring (bicyclic) bond motifs is 1. The first kappa shape index (κ1) is 23.3. The Morgan fingerprint density at radius 1 is 1.47 bits per heavy atom. The molecule has 1 amide bonds. The monoisotopic (exact) mass is 441 g/mol. The highest BCUT2D eigenvalue weighted by molar-refractivity contribution is 5.79. The van der Waals surface area contributed by atoms with Gasteiger partial charge in [-0.05, 0) is 30.0 Å². The van der Waals surface area contributed by atoms with Crippen molar-refractivity contribution in [3.63, 3.8) is 0 Å². The van der Waals surface area contributed by atoms with Crippen LogP contribution in [0.1, 0.15) is 42.4 Å². The van der Waals surface area contributed by atoms with Gasteiger partial charge in [-0.2, -0.15) is 5.10 Å². The molecule has 0 spiro atoms. The lowest BCUT2D eigenvalue weighted by atomic mass is 9.85. The number of nitrogens with zero attached hydrogens (tertiary/aromatic N) is 5. The summed E-state index contributed by atoms with van der Waals surface area (Å²) in [6.07, 6.45) is 7.20. The Balaban J connectivity index is 1.81. The zero-order chi connectivity index (χ0) is 23.3. The second-order valence-corrected chi connectivity index (χ2v) is 7.93. The highest BCUT2D eigenvalue weighted by Gasteiger charge is 2.31. The van der Waals surface area contributed by atoms with Crippen molar-refractivity contribution in [3.8, 4) is 0 Å². The van der Waals surface area contributed by atoms with Crippen LogP contribution in [0, 0.1) is 10.8 Å². The second kappa shape index (κ2) is 10.3. The molecule has 0 radical (unpaired) electrons. The summed E-state index contributed by atoms with van der Waals surface area (Å²) in [4.78, 5) is 25.4. The molecule has 2 heterocycles. The van der Waals surface area contributed by atoms with Crippen LogP contribution < -0.4 is 0 Å². The van der Waals surface area contributed by atoms with Crippen LogP contribution in [0.2, 0.25) is 0 Å². The maximum atomic E-state index is 13.9. The van der Waals surface area contributed by atoms with E-state index < -0.39 is 6.67 Å². The SMILES string of the molecule is C=C(N=O)/C(=C/C=C(\CF)c1nn(C)c2c1CCC(C(=O)N(C)Cc1ccon1)C2)CC. The molecule has 0 fully saturated rings. The summed E-state index contributed by atoms with van der Waals surface area (Å²) in [6.45, 7) is 5.19. The zero-order valence-corrected chi connectivity index (χ0v) is 18.7. The molecule has 0 saturated heterocycles. The van der Waals surface area contributed by atoms with E-state index in [-0.39, 0.29) is 17.5 Å². The number of aromatic nitrogens is 3. The average molecular weight is 442 g/mol. The fourth-order valence-electron chi connectivity index (χ4n) is 4.06. The van der Waals surface area contributed by atoms with Crippen molar-refractivity contribution in [2.45, 2.75) is 39.2 Å². The Morgan fingerprint density at radius 2 is 2.25 bits per heavy atom. The topological polar surface area (TPSA) is 93.6 Å². The number of hydrogen-bond donors (Lipinski definition) is 0. The third kappa shape index (κ3) is 4.92. The van der Waals surface area contributed by atoms with Gasteiger partial charge in [0.25, 0.3) is 0 Å². The van der Waals surface area contributed by atoms with Gasteiger partial charge in [0.1, 0.15) is 24.3 Å². The highest BCUT2D eigenvalue weighted by atomic mass is 19.1. The predicted molar refractivity (Wildman–Crippen MR) is 119 cm³/mol. The Labute approximate surface area is 186 Å². The molecule has 1 aliphatic carbocycles. The fourth-order valence-corrected chi connectivity index (χ4v) is 4.06. The molecular weight excluding hydrogens is 413 g/mol. The third-order valence-corrected chi connectivity index (χ3v) is 5.87. The Hall–Kier alpha value is -3.36. The molecule has 0 bridgehead atoms. The molecule has 2 aromatic heterocycles. The van der Waals surface area contributed by atoms with E-state index in [1.54, 1.807) is 34.8 Å². The van der Waals surface area contributed by atoms with Gasteiger partial charge in [0, 0.05) is 49.3 Å². The summed E-state index contributed by atoms with van der Waals surface area (Å²) < 4.78 is 20.5. The fraction of sp³-hybridized carbons (Fsp3) is 0.435. The van der Waals surface area contributed by atoms with Crippen molar-refractivity contribution < 1.29 is 13.7 Å². The molecule has 1 aliphatic rings. The van der Waals surface area contributed by atoms with Crippen molar-refractivity contribution in [2.24, 2.45) is 18.1 Å². The Bertz CT molecular complexity index is 1050. The van der Waals surface area contributed by atoms with Gasteiger partial charge in [0.15, 0.2) is 0 Å². The van der Waals surface area contributed by atoms with E-state index in [9.17, 15) is 14.1 Å². The number of rotatable bonds is 9. The van der Waals surface area contributed by atoms with Crippen LogP contribution in [0.3, 0.4) is 0 Å². The number of carbonyl (C=O) groups excluding carboxylic acids is 1. The minimum absolute atomic E-state index is 0.0399. The number of allylic oxidation sites excluding steroid dienone is 4. The molecule has 1 atom stereocenters. The first-order chi connectivity index (χ1) is 15.4. The van der Waals surface area contributed by atoms with Crippen LogP contribution in [0.25, 0.3) is 5.57 Å². The summed E-state index contributed by atoms with van der Waals surface area (Å²) in [6, 6.07) is 1.74.